The normalized spacial score (nSPS) is 28.3. The SMILES string of the molecule is CC1CCC(NCc2cccc(Cl)c2Cl)C(C)C1. The number of nitrogens with one attached hydrogen (secondary N) is 1. The second-order valence-corrected chi connectivity index (χ2v) is 6.38. The van der Waals surface area contributed by atoms with Crippen LogP contribution in [0.15, 0.2) is 18.2 Å². The van der Waals surface area contributed by atoms with E-state index in [1.807, 2.05) is 18.2 Å². The molecule has 1 N–H and O–H groups in total. The fourth-order valence-electron chi connectivity index (χ4n) is 2.89. The van der Waals surface area contributed by atoms with Gasteiger partial charge in [-0.25, -0.2) is 0 Å². The number of rotatable bonds is 3. The Morgan fingerprint density at radius 3 is 2.72 bits per heavy atom. The molecule has 1 aliphatic carbocycles. The Morgan fingerprint density at radius 1 is 1.22 bits per heavy atom. The molecular formula is C15H21Cl2N. The fraction of sp³-hybridized carbons (Fsp3) is 0.600. The van der Waals surface area contributed by atoms with Crippen LogP contribution < -0.4 is 5.32 Å². The van der Waals surface area contributed by atoms with Crippen LogP contribution in [0.25, 0.3) is 0 Å². The van der Waals surface area contributed by atoms with E-state index in [4.69, 9.17) is 23.2 Å². The fourth-order valence-corrected chi connectivity index (χ4v) is 3.28. The second kappa shape index (κ2) is 6.27. The van der Waals surface area contributed by atoms with Crippen molar-refractivity contribution >= 4 is 23.2 Å². The molecule has 3 unspecified atom stereocenters. The van der Waals surface area contributed by atoms with Crippen LogP contribution >= 0.6 is 23.2 Å². The molecule has 3 heteroatoms. The Morgan fingerprint density at radius 2 is 2.00 bits per heavy atom. The zero-order chi connectivity index (χ0) is 13.1. The minimum atomic E-state index is 0.608. The monoisotopic (exact) mass is 285 g/mol. The highest BCUT2D eigenvalue weighted by Gasteiger charge is 2.24. The maximum Gasteiger partial charge on any atom is 0.0637 e. The van der Waals surface area contributed by atoms with Crippen LogP contribution in [0, 0.1) is 11.8 Å². The van der Waals surface area contributed by atoms with Crippen LogP contribution in [-0.4, -0.2) is 6.04 Å². The van der Waals surface area contributed by atoms with E-state index in [0.29, 0.717) is 16.1 Å². The van der Waals surface area contributed by atoms with Gasteiger partial charge < -0.3 is 5.32 Å². The summed E-state index contributed by atoms with van der Waals surface area (Å²) in [4.78, 5) is 0. The molecule has 1 aromatic carbocycles. The Labute approximate surface area is 120 Å². The van der Waals surface area contributed by atoms with Crippen molar-refractivity contribution in [2.45, 2.75) is 45.7 Å². The van der Waals surface area contributed by atoms with Gasteiger partial charge in [-0.05, 0) is 42.7 Å². The zero-order valence-electron chi connectivity index (χ0n) is 11.0. The molecule has 18 heavy (non-hydrogen) atoms. The molecule has 100 valence electrons. The molecule has 0 heterocycles. The molecule has 3 atom stereocenters. The quantitative estimate of drug-likeness (QED) is 0.832. The number of hydrogen-bond donors (Lipinski definition) is 1. The van der Waals surface area contributed by atoms with Crippen LogP contribution in [0.1, 0.15) is 38.7 Å². The van der Waals surface area contributed by atoms with Gasteiger partial charge in [0, 0.05) is 12.6 Å². The summed E-state index contributed by atoms with van der Waals surface area (Å²) in [5.41, 5.74) is 1.09. The van der Waals surface area contributed by atoms with E-state index in [9.17, 15) is 0 Å². The lowest BCUT2D eigenvalue weighted by atomic mass is 9.80. The lowest BCUT2D eigenvalue weighted by molar-refractivity contribution is 0.227. The van der Waals surface area contributed by atoms with E-state index >= 15 is 0 Å². The van der Waals surface area contributed by atoms with Crippen molar-refractivity contribution in [3.8, 4) is 0 Å². The van der Waals surface area contributed by atoms with E-state index in [-0.39, 0.29) is 0 Å². The summed E-state index contributed by atoms with van der Waals surface area (Å²) in [7, 11) is 0. The summed E-state index contributed by atoms with van der Waals surface area (Å²) in [5.74, 6) is 1.61. The van der Waals surface area contributed by atoms with Crippen LogP contribution in [0.4, 0.5) is 0 Å². The van der Waals surface area contributed by atoms with Gasteiger partial charge in [-0.1, -0.05) is 49.2 Å². The van der Waals surface area contributed by atoms with Gasteiger partial charge in [-0.15, -0.1) is 0 Å². The van der Waals surface area contributed by atoms with Crippen LogP contribution in [0.3, 0.4) is 0 Å². The third-order valence-electron chi connectivity index (χ3n) is 4.02. The van der Waals surface area contributed by atoms with Gasteiger partial charge in [0.15, 0.2) is 0 Å². The molecule has 0 aliphatic heterocycles. The molecule has 0 spiro atoms. The first-order valence-electron chi connectivity index (χ1n) is 6.74. The van der Waals surface area contributed by atoms with Crippen LogP contribution in [-0.2, 0) is 6.54 Å². The molecule has 0 radical (unpaired) electrons. The molecule has 1 aliphatic rings. The van der Waals surface area contributed by atoms with Gasteiger partial charge in [-0.3, -0.25) is 0 Å². The van der Waals surface area contributed by atoms with Gasteiger partial charge in [0.05, 0.1) is 10.0 Å². The molecule has 1 aromatic rings. The average Bonchev–Trinajstić information content (AvgIpc) is 2.33. The van der Waals surface area contributed by atoms with E-state index < -0.39 is 0 Å². The highest BCUT2D eigenvalue weighted by atomic mass is 35.5. The lowest BCUT2D eigenvalue weighted by Crippen LogP contribution is -2.38. The Kier molecular flexibility index (Phi) is 4.94. The molecule has 1 nitrogen and oxygen atoms in total. The molecule has 2 rings (SSSR count). The average molecular weight is 286 g/mol. The predicted octanol–water partition coefficient (Wildman–Crippen LogP) is 4.91. The van der Waals surface area contributed by atoms with Gasteiger partial charge >= 0.3 is 0 Å². The van der Waals surface area contributed by atoms with Crippen molar-refractivity contribution in [1.29, 1.82) is 0 Å². The molecule has 1 saturated carbocycles. The summed E-state index contributed by atoms with van der Waals surface area (Å²) in [6, 6.07) is 6.43. The zero-order valence-corrected chi connectivity index (χ0v) is 12.6. The Balaban J connectivity index is 1.93. The van der Waals surface area contributed by atoms with Crippen molar-refractivity contribution in [1.82, 2.24) is 5.32 Å². The van der Waals surface area contributed by atoms with E-state index in [1.165, 1.54) is 19.3 Å². The van der Waals surface area contributed by atoms with Gasteiger partial charge in [0.2, 0.25) is 0 Å². The Hall–Kier alpha value is -0.240. The number of halogens is 2. The first-order valence-corrected chi connectivity index (χ1v) is 7.49. The molecule has 0 aromatic heterocycles. The first-order chi connectivity index (χ1) is 8.58. The molecule has 0 amide bonds. The number of hydrogen-bond acceptors (Lipinski definition) is 1. The summed E-state index contributed by atoms with van der Waals surface area (Å²) in [6.07, 6.45) is 3.91. The first kappa shape index (κ1) is 14.2. The minimum Gasteiger partial charge on any atom is -0.310 e. The topological polar surface area (TPSA) is 12.0 Å². The van der Waals surface area contributed by atoms with Crippen LogP contribution in [0.2, 0.25) is 10.0 Å². The predicted molar refractivity (Wildman–Crippen MR) is 79.3 cm³/mol. The third kappa shape index (κ3) is 3.40. The van der Waals surface area contributed by atoms with E-state index in [0.717, 1.165) is 23.9 Å². The summed E-state index contributed by atoms with van der Waals surface area (Å²) in [6.45, 7) is 5.50. The Bertz CT molecular complexity index is 405. The molecule has 1 fully saturated rings. The highest BCUT2D eigenvalue weighted by molar-refractivity contribution is 6.42. The van der Waals surface area contributed by atoms with Crippen molar-refractivity contribution in [3.63, 3.8) is 0 Å². The second-order valence-electron chi connectivity index (χ2n) is 5.60. The summed E-state index contributed by atoms with van der Waals surface area (Å²) < 4.78 is 0. The summed E-state index contributed by atoms with van der Waals surface area (Å²) >= 11 is 12.2. The van der Waals surface area contributed by atoms with E-state index in [1.54, 1.807) is 0 Å². The van der Waals surface area contributed by atoms with Crippen molar-refractivity contribution < 1.29 is 0 Å². The largest absolute Gasteiger partial charge is 0.310 e. The van der Waals surface area contributed by atoms with Crippen molar-refractivity contribution in [3.05, 3.63) is 33.8 Å². The maximum atomic E-state index is 6.20. The van der Waals surface area contributed by atoms with E-state index in [2.05, 4.69) is 19.2 Å². The number of benzene rings is 1. The minimum absolute atomic E-state index is 0.608. The van der Waals surface area contributed by atoms with Crippen LogP contribution in [0.5, 0.6) is 0 Å². The highest BCUT2D eigenvalue weighted by Crippen LogP contribution is 2.30. The lowest BCUT2D eigenvalue weighted by Gasteiger charge is -2.33. The molecule has 0 saturated heterocycles. The standard InChI is InChI=1S/C15H21Cl2N/c1-10-6-7-14(11(2)8-10)18-9-12-4-3-5-13(16)15(12)17/h3-5,10-11,14,18H,6-9H2,1-2H3. The molecular weight excluding hydrogens is 265 g/mol. The molecule has 0 bridgehead atoms. The van der Waals surface area contributed by atoms with Gasteiger partial charge in [-0.2, -0.15) is 0 Å². The summed E-state index contributed by atoms with van der Waals surface area (Å²) in [5, 5.41) is 4.96. The smallest absolute Gasteiger partial charge is 0.0637 e. The maximum absolute atomic E-state index is 6.20. The van der Waals surface area contributed by atoms with Gasteiger partial charge in [0.1, 0.15) is 0 Å². The van der Waals surface area contributed by atoms with Crippen molar-refractivity contribution in [2.75, 3.05) is 0 Å². The van der Waals surface area contributed by atoms with Gasteiger partial charge in [0.25, 0.3) is 0 Å². The third-order valence-corrected chi connectivity index (χ3v) is 4.88. The van der Waals surface area contributed by atoms with Crippen molar-refractivity contribution in [2.24, 2.45) is 11.8 Å².